The molecule has 0 bridgehead atoms. The lowest BCUT2D eigenvalue weighted by Gasteiger charge is -2.40. The third-order valence-corrected chi connectivity index (χ3v) is 23.0. The van der Waals surface area contributed by atoms with E-state index in [4.69, 9.17) is 42.6 Å². The highest BCUT2D eigenvalue weighted by Gasteiger charge is 2.47. The van der Waals surface area contributed by atoms with E-state index in [0.717, 1.165) is 116 Å². The van der Waals surface area contributed by atoms with Crippen LogP contribution in [0.3, 0.4) is 0 Å². The quantitative estimate of drug-likeness (QED) is 0.0240. The molecule has 1 aromatic rings. The molecule has 1 aromatic carbocycles. The first kappa shape index (κ1) is 123. The van der Waals surface area contributed by atoms with Crippen LogP contribution in [0.1, 0.15) is 237 Å². The van der Waals surface area contributed by atoms with Gasteiger partial charge in [0.05, 0.1) is 33.0 Å². The molecule has 0 aliphatic carbocycles. The van der Waals surface area contributed by atoms with Crippen LogP contribution >= 0.6 is 0 Å². The van der Waals surface area contributed by atoms with Gasteiger partial charge in [0.25, 0.3) is 0 Å². The second kappa shape index (κ2) is 68.5. The van der Waals surface area contributed by atoms with Crippen molar-refractivity contribution >= 4 is 0 Å². The van der Waals surface area contributed by atoms with Crippen molar-refractivity contribution in [2.75, 3.05) is 79.3 Å². The standard InChI is InChI=1S/C90H158O44/c1-3-5-7-9-11-13-15-17-19-21-23-27-38-89(50-126-81(119)76(114)67(105)59(34-43-94)130-85(123)73(111)64(102)56(99)31-40-91,51-127-82(120)77(115)68(106)60(35-44-95)131-86(124)74(112)65(103)57(100)32-41-92)47-54-29-25-26-30-55(54)48-90(39-28-24-22-20-18-16-14-12-10-8-6-4-2,52-128-83(121)78(116)69(107)61(36-45-96)132-87(125)75(113)66(104)58(101)33-42-93)53-129-84(122)79(117)70(108)62(37-46-97)133-88-80(118)72(110)71(109)63(49-98)134-88/h25-26,29-30,56-63,71-72,80-88,91-125H,3-24,27-28,31-53H2,1-2H3/b73-64-,74-65+,75-66+,76-67-,77-68+,78-69-,79-70+/t56-,57-,58-,59-,60-,61-,62-,63?,71-,72?,80?,81+,82+,83+,84+,85+,86+,87+,88-,89?,90?/m1/s1. The Morgan fingerprint density at radius 2 is 0.530 bits per heavy atom. The van der Waals surface area contributed by atoms with Crippen LogP contribution in [0.2, 0.25) is 0 Å². The molecule has 44 heteroatoms. The number of unbranched alkanes of at least 4 members (excludes halogenated alkanes) is 22. The Bertz CT molecular complexity index is 3460. The fraction of sp³-hybridized carbons (Fsp3) is 0.778. The molecule has 1 aliphatic heterocycles. The molecule has 1 saturated heterocycles. The zero-order valence-electron chi connectivity index (χ0n) is 76.8. The van der Waals surface area contributed by atoms with Gasteiger partial charge in [0.2, 0.25) is 44.0 Å². The third-order valence-electron chi connectivity index (χ3n) is 23.0. The molecule has 44 nitrogen and oxygen atoms in total. The van der Waals surface area contributed by atoms with Gasteiger partial charge in [-0.2, -0.15) is 0 Å². The van der Waals surface area contributed by atoms with E-state index in [0.29, 0.717) is 25.7 Å². The fourth-order valence-corrected chi connectivity index (χ4v) is 14.9. The lowest BCUT2D eigenvalue weighted by atomic mass is 9.73. The predicted molar refractivity (Wildman–Crippen MR) is 475 cm³/mol. The molecular formula is C90H158O44. The number of hydrogen-bond acceptors (Lipinski definition) is 44. The van der Waals surface area contributed by atoms with Gasteiger partial charge in [0, 0.05) is 102 Å². The van der Waals surface area contributed by atoms with Crippen molar-refractivity contribution in [2.45, 2.75) is 356 Å². The highest BCUT2D eigenvalue weighted by molar-refractivity contribution is 5.30. The molecule has 0 radical (unpaired) electrons. The van der Waals surface area contributed by atoms with Crippen molar-refractivity contribution < 1.29 is 221 Å². The predicted octanol–water partition coefficient (Wildman–Crippen LogP) is 4.62. The summed E-state index contributed by atoms with van der Waals surface area (Å²) in [5, 5.41) is 379. The molecule has 0 saturated carbocycles. The van der Waals surface area contributed by atoms with Gasteiger partial charge in [-0.25, -0.2) is 0 Å². The molecule has 134 heavy (non-hydrogen) atoms. The lowest BCUT2D eigenvalue weighted by molar-refractivity contribution is -0.311. The second-order valence-electron chi connectivity index (χ2n) is 33.8. The first-order valence-corrected chi connectivity index (χ1v) is 46.1. The molecule has 0 spiro atoms. The van der Waals surface area contributed by atoms with Gasteiger partial charge in [-0.15, -0.1) is 0 Å². The zero-order valence-corrected chi connectivity index (χ0v) is 76.8. The van der Waals surface area contributed by atoms with Gasteiger partial charge >= 0.3 is 0 Å². The number of ether oxygens (including phenoxy) is 9. The monoisotopic (exact) mass is 1940 g/mol. The lowest BCUT2D eigenvalue weighted by Crippen LogP contribution is -2.59. The Hall–Kier alpha value is -6.60. The maximum Gasteiger partial charge on any atom is 0.218 e. The fourth-order valence-electron chi connectivity index (χ4n) is 14.9. The summed E-state index contributed by atoms with van der Waals surface area (Å²) in [7, 11) is 0. The minimum atomic E-state index is -2.70. The van der Waals surface area contributed by atoms with E-state index in [1.807, 2.05) is 0 Å². The van der Waals surface area contributed by atoms with Crippen LogP contribution in [0.25, 0.3) is 0 Å². The molecule has 35 N–H and O–H groups in total. The van der Waals surface area contributed by atoms with E-state index in [1.54, 1.807) is 6.07 Å². The average molecular weight is 1940 g/mol. The average Bonchev–Trinajstić information content (AvgIpc) is 0.803. The summed E-state index contributed by atoms with van der Waals surface area (Å²) >= 11 is 0. The first-order chi connectivity index (χ1) is 63.8. The van der Waals surface area contributed by atoms with Gasteiger partial charge in [0.15, 0.2) is 86.9 Å². The maximum absolute atomic E-state index is 12.0. The SMILES string of the molecule is CCCCCCCCCCCCCCC(CO[C@H](O)/C(O)=C(/O)[C@@H](CCO)O[C@H](O)/C(O)=C(\O)[C@H](O)CCO)(CO[C@H](O)/C(O)=C(\O)[C@@H](CCO)O[C@@H]1OC(CO)[C@@H](O)C(O)C1O)Cc1ccccc1CC(CCCCCCCCCCCCCC)(CO[C@H](O)/C(O)=C(/O)[C@@H](CCO)O[C@H](O)/C(O)=C(/O)[C@H](O)CCO)CO[C@H](O)/C(O)=C(\O)[C@@H](CCO)O[C@H](O)/C(O)=C(\O)[C@H](O)CCO. The van der Waals surface area contributed by atoms with Gasteiger partial charge in [-0.3, -0.25) is 0 Å². The Labute approximate surface area is 780 Å². The van der Waals surface area contributed by atoms with Crippen molar-refractivity contribution in [3.8, 4) is 0 Å². The maximum atomic E-state index is 12.0. The summed E-state index contributed by atoms with van der Waals surface area (Å²) in [5.74, 6) is -19.6. The number of rotatable bonds is 79. The topological polar surface area (TPSA) is 791 Å². The molecule has 0 amide bonds. The third kappa shape index (κ3) is 43.4. The van der Waals surface area contributed by atoms with Gasteiger partial charge in [-0.05, 0) is 36.8 Å². The molecule has 21 atom stereocenters. The molecule has 0 aromatic heterocycles. The van der Waals surface area contributed by atoms with E-state index in [2.05, 4.69) is 13.8 Å². The van der Waals surface area contributed by atoms with Crippen LogP contribution in [0.5, 0.6) is 0 Å². The van der Waals surface area contributed by atoms with E-state index >= 15 is 0 Å². The van der Waals surface area contributed by atoms with Crippen molar-refractivity contribution in [3.63, 3.8) is 0 Å². The molecular weight excluding hydrogens is 1780 g/mol. The van der Waals surface area contributed by atoms with Gasteiger partial charge < -0.3 is 221 Å². The summed E-state index contributed by atoms with van der Waals surface area (Å²) in [6, 6.07) is 6.13. The van der Waals surface area contributed by atoms with Gasteiger partial charge in [0.1, 0.15) is 67.1 Å². The normalized spacial score (nSPS) is 21.2. The van der Waals surface area contributed by atoms with Gasteiger partial charge in [-0.1, -0.05) is 192 Å². The Morgan fingerprint density at radius 1 is 0.291 bits per heavy atom. The van der Waals surface area contributed by atoms with E-state index in [1.165, 1.54) is 18.2 Å². The van der Waals surface area contributed by atoms with Crippen LogP contribution in [0.15, 0.2) is 105 Å². The summed E-state index contributed by atoms with van der Waals surface area (Å²) < 4.78 is 51.3. The highest BCUT2D eigenvalue weighted by atomic mass is 16.7. The van der Waals surface area contributed by atoms with Crippen molar-refractivity contribution in [1.29, 1.82) is 0 Å². The number of aliphatic hydroxyl groups is 35. The largest absolute Gasteiger partial charge is 0.506 e. The Morgan fingerprint density at radius 3 is 0.784 bits per heavy atom. The van der Waals surface area contributed by atoms with Crippen LogP contribution in [-0.2, 0) is 55.5 Å². The summed E-state index contributed by atoms with van der Waals surface area (Å²) in [4.78, 5) is 0. The van der Waals surface area contributed by atoms with Crippen LogP contribution < -0.4 is 0 Å². The summed E-state index contributed by atoms with van der Waals surface area (Å²) in [6.07, 6.45) is -28.5. The van der Waals surface area contributed by atoms with Crippen LogP contribution in [0, 0.1) is 10.8 Å². The van der Waals surface area contributed by atoms with Crippen molar-refractivity contribution in [2.24, 2.45) is 10.8 Å². The molecule has 1 fully saturated rings. The van der Waals surface area contributed by atoms with E-state index in [9.17, 15) is 179 Å². The number of hydrogen-bond donors (Lipinski definition) is 35. The van der Waals surface area contributed by atoms with Crippen molar-refractivity contribution in [3.05, 3.63) is 116 Å². The smallest absolute Gasteiger partial charge is 0.218 e. The summed E-state index contributed by atoms with van der Waals surface area (Å²) in [5.41, 5.74) is -3.24. The van der Waals surface area contributed by atoms with Crippen molar-refractivity contribution in [1.82, 2.24) is 0 Å². The zero-order chi connectivity index (χ0) is 101. The second-order valence-corrected chi connectivity index (χ2v) is 33.8. The Balaban J connectivity index is 3.41. The highest BCUT2D eigenvalue weighted by Crippen LogP contribution is 2.40. The molecule has 782 valence electrons. The Kier molecular flexibility index (Phi) is 63.1. The van der Waals surface area contributed by atoms with E-state index in [-0.39, 0.29) is 36.8 Å². The molecule has 1 aliphatic rings. The molecule has 2 rings (SSSR count). The number of benzene rings is 1. The van der Waals surface area contributed by atoms with Crippen LogP contribution in [0.4, 0.5) is 0 Å². The van der Waals surface area contributed by atoms with Crippen LogP contribution in [-0.4, -0.2) is 375 Å². The molecule has 1 heterocycles. The first-order valence-electron chi connectivity index (χ1n) is 46.1. The number of aliphatic hydroxyl groups excluding tert-OH is 35. The minimum Gasteiger partial charge on any atom is -0.506 e. The molecule has 5 unspecified atom stereocenters. The minimum absolute atomic E-state index is 0.140. The summed E-state index contributed by atoms with van der Waals surface area (Å²) in [6.45, 7) is -6.11. The van der Waals surface area contributed by atoms with E-state index < -0.39 is 346 Å².